The SMILES string of the molecule is Cc1ccc(NS(=O)(=O)N2CCN[C@@H](C)C2)cc1. The Morgan fingerprint density at radius 1 is 1.33 bits per heavy atom. The molecule has 0 bridgehead atoms. The average Bonchev–Trinajstić information content (AvgIpc) is 2.32. The Bertz CT molecular complexity index is 499. The van der Waals surface area contributed by atoms with Gasteiger partial charge in [0.15, 0.2) is 0 Å². The van der Waals surface area contributed by atoms with Crippen molar-refractivity contribution in [2.75, 3.05) is 24.4 Å². The van der Waals surface area contributed by atoms with E-state index < -0.39 is 10.2 Å². The van der Waals surface area contributed by atoms with Gasteiger partial charge in [-0.15, -0.1) is 0 Å². The van der Waals surface area contributed by atoms with Gasteiger partial charge in [0.25, 0.3) is 0 Å². The molecule has 0 radical (unpaired) electrons. The maximum Gasteiger partial charge on any atom is 0.301 e. The summed E-state index contributed by atoms with van der Waals surface area (Å²) in [5, 5.41) is 3.22. The summed E-state index contributed by atoms with van der Waals surface area (Å²) in [6.07, 6.45) is 0. The van der Waals surface area contributed by atoms with Crippen LogP contribution in [0.3, 0.4) is 0 Å². The number of hydrogen-bond acceptors (Lipinski definition) is 3. The number of benzene rings is 1. The normalized spacial score (nSPS) is 21.8. The molecule has 0 spiro atoms. The number of anilines is 1. The Morgan fingerprint density at radius 3 is 2.61 bits per heavy atom. The number of nitrogens with zero attached hydrogens (tertiary/aromatic N) is 1. The van der Waals surface area contributed by atoms with Gasteiger partial charge in [-0.3, -0.25) is 4.72 Å². The minimum atomic E-state index is -3.44. The fraction of sp³-hybridized carbons (Fsp3) is 0.500. The van der Waals surface area contributed by atoms with Gasteiger partial charge in [0.2, 0.25) is 0 Å². The van der Waals surface area contributed by atoms with Crippen molar-refractivity contribution in [2.45, 2.75) is 19.9 Å². The zero-order valence-electron chi connectivity index (χ0n) is 10.7. The van der Waals surface area contributed by atoms with Crippen molar-refractivity contribution < 1.29 is 8.42 Å². The Morgan fingerprint density at radius 2 is 2.00 bits per heavy atom. The van der Waals surface area contributed by atoms with Crippen LogP contribution in [0.4, 0.5) is 5.69 Å². The Balaban J connectivity index is 2.09. The van der Waals surface area contributed by atoms with Gasteiger partial charge in [0.1, 0.15) is 0 Å². The molecule has 1 aromatic rings. The summed E-state index contributed by atoms with van der Waals surface area (Å²) < 4.78 is 28.4. The second kappa shape index (κ2) is 5.26. The molecule has 2 rings (SSSR count). The monoisotopic (exact) mass is 269 g/mol. The highest BCUT2D eigenvalue weighted by molar-refractivity contribution is 7.90. The molecule has 0 aliphatic carbocycles. The lowest BCUT2D eigenvalue weighted by Gasteiger charge is -2.31. The minimum absolute atomic E-state index is 0.188. The van der Waals surface area contributed by atoms with Crippen LogP contribution < -0.4 is 10.0 Å². The van der Waals surface area contributed by atoms with E-state index in [2.05, 4.69) is 10.0 Å². The predicted octanol–water partition coefficient (Wildman–Crippen LogP) is 0.945. The standard InChI is InChI=1S/C12H19N3O2S/c1-10-3-5-12(6-4-10)14-18(16,17)15-8-7-13-11(2)9-15/h3-6,11,13-14H,7-9H2,1-2H3/t11-/m0/s1. The van der Waals surface area contributed by atoms with E-state index in [4.69, 9.17) is 0 Å². The molecule has 6 heteroatoms. The van der Waals surface area contributed by atoms with Gasteiger partial charge in [0.05, 0.1) is 0 Å². The highest BCUT2D eigenvalue weighted by atomic mass is 32.2. The zero-order chi connectivity index (χ0) is 13.2. The fourth-order valence-corrected chi connectivity index (χ4v) is 3.26. The molecule has 1 heterocycles. The lowest BCUT2D eigenvalue weighted by molar-refractivity contribution is 0.312. The van der Waals surface area contributed by atoms with Gasteiger partial charge in [0, 0.05) is 31.4 Å². The van der Waals surface area contributed by atoms with Crippen LogP contribution in [0.1, 0.15) is 12.5 Å². The van der Waals surface area contributed by atoms with Crippen molar-refractivity contribution in [1.82, 2.24) is 9.62 Å². The largest absolute Gasteiger partial charge is 0.312 e. The molecule has 1 atom stereocenters. The van der Waals surface area contributed by atoms with Crippen LogP contribution >= 0.6 is 0 Å². The van der Waals surface area contributed by atoms with Crippen LogP contribution in [0.15, 0.2) is 24.3 Å². The van der Waals surface area contributed by atoms with E-state index in [0.717, 1.165) is 5.56 Å². The first-order valence-electron chi connectivity index (χ1n) is 6.05. The molecule has 0 amide bonds. The summed E-state index contributed by atoms with van der Waals surface area (Å²) >= 11 is 0. The number of rotatable bonds is 3. The molecule has 1 aromatic carbocycles. The second-order valence-corrected chi connectivity index (χ2v) is 6.36. The summed E-state index contributed by atoms with van der Waals surface area (Å²) in [5.74, 6) is 0. The van der Waals surface area contributed by atoms with E-state index in [9.17, 15) is 8.42 Å². The lowest BCUT2D eigenvalue weighted by atomic mass is 10.2. The van der Waals surface area contributed by atoms with E-state index in [1.54, 1.807) is 12.1 Å². The summed E-state index contributed by atoms with van der Waals surface area (Å²) in [7, 11) is -3.44. The molecule has 100 valence electrons. The smallest absolute Gasteiger partial charge is 0.301 e. The van der Waals surface area contributed by atoms with Crippen molar-refractivity contribution in [3.63, 3.8) is 0 Å². The lowest BCUT2D eigenvalue weighted by Crippen LogP contribution is -2.52. The number of nitrogens with one attached hydrogen (secondary N) is 2. The second-order valence-electron chi connectivity index (χ2n) is 4.69. The van der Waals surface area contributed by atoms with Crippen LogP contribution in [-0.2, 0) is 10.2 Å². The average molecular weight is 269 g/mol. The highest BCUT2D eigenvalue weighted by Gasteiger charge is 2.26. The molecular weight excluding hydrogens is 250 g/mol. The van der Waals surface area contributed by atoms with Gasteiger partial charge < -0.3 is 5.32 Å². The van der Waals surface area contributed by atoms with Gasteiger partial charge in [-0.2, -0.15) is 12.7 Å². The van der Waals surface area contributed by atoms with E-state index in [1.165, 1.54) is 4.31 Å². The predicted molar refractivity (Wildman–Crippen MR) is 72.8 cm³/mol. The first kappa shape index (κ1) is 13.3. The Hall–Kier alpha value is -1.11. The molecule has 18 heavy (non-hydrogen) atoms. The molecule has 1 aliphatic rings. The minimum Gasteiger partial charge on any atom is -0.312 e. The zero-order valence-corrected chi connectivity index (χ0v) is 11.5. The summed E-state index contributed by atoms with van der Waals surface area (Å²) in [4.78, 5) is 0. The summed E-state index contributed by atoms with van der Waals surface area (Å²) in [6.45, 7) is 5.65. The number of aryl methyl sites for hydroxylation is 1. The van der Waals surface area contributed by atoms with Crippen LogP contribution in [0.2, 0.25) is 0 Å². The first-order chi connectivity index (χ1) is 8.47. The quantitative estimate of drug-likeness (QED) is 0.858. The Kier molecular flexibility index (Phi) is 3.89. The van der Waals surface area contributed by atoms with Crippen molar-refractivity contribution in [2.24, 2.45) is 0 Å². The molecule has 2 N–H and O–H groups in total. The van der Waals surface area contributed by atoms with Crippen molar-refractivity contribution >= 4 is 15.9 Å². The van der Waals surface area contributed by atoms with Crippen molar-refractivity contribution in [3.05, 3.63) is 29.8 Å². The van der Waals surface area contributed by atoms with Gasteiger partial charge in [-0.05, 0) is 26.0 Å². The summed E-state index contributed by atoms with van der Waals surface area (Å²) in [6, 6.07) is 7.52. The number of hydrogen-bond donors (Lipinski definition) is 2. The third-order valence-corrected chi connectivity index (χ3v) is 4.47. The number of piperazine rings is 1. The molecule has 5 nitrogen and oxygen atoms in total. The molecule has 0 saturated carbocycles. The molecule has 1 aliphatic heterocycles. The van der Waals surface area contributed by atoms with Gasteiger partial charge in [-0.25, -0.2) is 0 Å². The third-order valence-electron chi connectivity index (χ3n) is 2.97. The van der Waals surface area contributed by atoms with Gasteiger partial charge in [-0.1, -0.05) is 17.7 Å². The molecule has 1 fully saturated rings. The summed E-state index contributed by atoms with van der Waals surface area (Å²) in [5.41, 5.74) is 1.71. The van der Waals surface area contributed by atoms with Crippen molar-refractivity contribution in [1.29, 1.82) is 0 Å². The molecule has 0 aromatic heterocycles. The van der Waals surface area contributed by atoms with E-state index in [0.29, 0.717) is 25.3 Å². The first-order valence-corrected chi connectivity index (χ1v) is 7.49. The van der Waals surface area contributed by atoms with Crippen LogP contribution in [0, 0.1) is 6.92 Å². The third kappa shape index (κ3) is 3.22. The maximum atomic E-state index is 12.2. The highest BCUT2D eigenvalue weighted by Crippen LogP contribution is 2.14. The van der Waals surface area contributed by atoms with Crippen LogP contribution in [0.5, 0.6) is 0 Å². The van der Waals surface area contributed by atoms with Crippen molar-refractivity contribution in [3.8, 4) is 0 Å². The van der Waals surface area contributed by atoms with E-state index in [-0.39, 0.29) is 6.04 Å². The van der Waals surface area contributed by atoms with Crippen LogP contribution in [0.25, 0.3) is 0 Å². The fourth-order valence-electron chi connectivity index (χ4n) is 1.95. The molecule has 1 saturated heterocycles. The van der Waals surface area contributed by atoms with E-state index in [1.807, 2.05) is 26.0 Å². The molecule has 0 unspecified atom stereocenters. The maximum absolute atomic E-state index is 12.2. The van der Waals surface area contributed by atoms with E-state index >= 15 is 0 Å². The van der Waals surface area contributed by atoms with Gasteiger partial charge >= 0.3 is 10.2 Å². The molecular formula is C12H19N3O2S. The topological polar surface area (TPSA) is 61.4 Å². The Labute approximate surface area is 108 Å². The van der Waals surface area contributed by atoms with Crippen LogP contribution in [-0.4, -0.2) is 38.4 Å².